The van der Waals surface area contributed by atoms with Crippen LogP contribution >= 0.6 is 0 Å². The van der Waals surface area contributed by atoms with Gasteiger partial charge in [0.25, 0.3) is 0 Å². The molecule has 1 aromatic carbocycles. The van der Waals surface area contributed by atoms with Crippen molar-refractivity contribution in [2.24, 2.45) is 11.8 Å². The van der Waals surface area contributed by atoms with Crippen LogP contribution in [0.2, 0.25) is 0 Å². The van der Waals surface area contributed by atoms with Gasteiger partial charge in [-0.05, 0) is 49.3 Å². The van der Waals surface area contributed by atoms with Crippen molar-refractivity contribution in [3.63, 3.8) is 0 Å². The summed E-state index contributed by atoms with van der Waals surface area (Å²) in [6.45, 7) is 8.95. The lowest BCUT2D eigenvalue weighted by atomic mass is 9.89. The zero-order chi connectivity index (χ0) is 17.6. The standard InChI is InChI=1S/C24H38/c1-5-10-21(4)13-8-14-22(11-6-2)15-9-16-24-19-17-23(12-7-3)18-20-24/h17-22H,5-6,8-11,13-16H2,1-4H3. The molecule has 0 saturated heterocycles. The molecule has 1 aromatic rings. The molecule has 1 rings (SSSR count). The van der Waals surface area contributed by atoms with Crippen LogP contribution in [0.25, 0.3) is 0 Å². The van der Waals surface area contributed by atoms with Gasteiger partial charge in [0.15, 0.2) is 0 Å². The zero-order valence-corrected chi connectivity index (χ0v) is 16.5. The third-order valence-corrected chi connectivity index (χ3v) is 5.09. The van der Waals surface area contributed by atoms with Crippen molar-refractivity contribution in [3.8, 4) is 11.8 Å². The largest absolute Gasteiger partial charge is 0.101 e. The quantitative estimate of drug-likeness (QED) is 0.351. The van der Waals surface area contributed by atoms with Crippen LogP contribution in [0.3, 0.4) is 0 Å². The van der Waals surface area contributed by atoms with Gasteiger partial charge in [-0.1, -0.05) is 90.2 Å². The monoisotopic (exact) mass is 326 g/mol. The van der Waals surface area contributed by atoms with Gasteiger partial charge in [-0.15, -0.1) is 5.92 Å². The Balaban J connectivity index is 2.30. The van der Waals surface area contributed by atoms with Crippen molar-refractivity contribution in [3.05, 3.63) is 35.4 Å². The second-order valence-electron chi connectivity index (χ2n) is 7.44. The summed E-state index contributed by atoms with van der Waals surface area (Å²) in [5.41, 5.74) is 2.59. The first-order valence-corrected chi connectivity index (χ1v) is 10.2. The first-order chi connectivity index (χ1) is 11.7. The van der Waals surface area contributed by atoms with Crippen LogP contribution in [0, 0.1) is 23.7 Å². The van der Waals surface area contributed by atoms with Crippen LogP contribution in [-0.2, 0) is 6.42 Å². The lowest BCUT2D eigenvalue weighted by Crippen LogP contribution is -2.03. The minimum absolute atomic E-state index is 0.919. The molecule has 0 heteroatoms. The summed E-state index contributed by atoms with van der Waals surface area (Å²) in [6.07, 6.45) is 13.7. The molecule has 0 fully saturated rings. The fraction of sp³-hybridized carbons (Fsp3) is 0.667. The average Bonchev–Trinajstić information content (AvgIpc) is 2.57. The van der Waals surface area contributed by atoms with Gasteiger partial charge in [-0.3, -0.25) is 0 Å². The fourth-order valence-electron chi connectivity index (χ4n) is 3.73. The number of aryl methyl sites for hydroxylation is 1. The first-order valence-electron chi connectivity index (χ1n) is 10.2. The molecule has 0 aliphatic rings. The van der Waals surface area contributed by atoms with E-state index in [0.29, 0.717) is 0 Å². The molecule has 24 heavy (non-hydrogen) atoms. The van der Waals surface area contributed by atoms with E-state index in [9.17, 15) is 0 Å². The Kier molecular flexibility index (Phi) is 11.4. The number of benzene rings is 1. The molecule has 0 aliphatic carbocycles. The summed E-state index contributed by atoms with van der Waals surface area (Å²) in [5, 5.41) is 0. The topological polar surface area (TPSA) is 0 Å². The SMILES string of the molecule is CC#Cc1ccc(CCCC(CCC)CCCC(C)CCC)cc1. The maximum Gasteiger partial charge on any atom is 0.0245 e. The van der Waals surface area contributed by atoms with Crippen molar-refractivity contribution < 1.29 is 0 Å². The molecule has 0 radical (unpaired) electrons. The molecule has 0 saturated carbocycles. The highest BCUT2D eigenvalue weighted by atomic mass is 14.1. The van der Waals surface area contributed by atoms with Crippen LogP contribution in [0.15, 0.2) is 24.3 Å². The van der Waals surface area contributed by atoms with Gasteiger partial charge in [0.05, 0.1) is 0 Å². The highest BCUT2D eigenvalue weighted by molar-refractivity contribution is 5.35. The first kappa shape index (κ1) is 20.8. The van der Waals surface area contributed by atoms with Gasteiger partial charge < -0.3 is 0 Å². The predicted octanol–water partition coefficient (Wildman–Crippen LogP) is 7.40. The lowest BCUT2D eigenvalue weighted by Gasteiger charge is -2.17. The molecular weight excluding hydrogens is 288 g/mol. The van der Waals surface area contributed by atoms with E-state index in [2.05, 4.69) is 56.9 Å². The highest BCUT2D eigenvalue weighted by Crippen LogP contribution is 2.24. The Bertz CT molecular complexity index is 471. The fourth-order valence-corrected chi connectivity index (χ4v) is 3.73. The molecular formula is C24H38. The predicted molar refractivity (Wildman–Crippen MR) is 108 cm³/mol. The third-order valence-electron chi connectivity index (χ3n) is 5.09. The van der Waals surface area contributed by atoms with Crippen molar-refractivity contribution >= 4 is 0 Å². The Morgan fingerprint density at radius 2 is 1.50 bits per heavy atom. The maximum absolute atomic E-state index is 3.12. The van der Waals surface area contributed by atoms with Crippen molar-refractivity contribution in [1.82, 2.24) is 0 Å². The van der Waals surface area contributed by atoms with E-state index >= 15 is 0 Å². The molecule has 2 atom stereocenters. The highest BCUT2D eigenvalue weighted by Gasteiger charge is 2.09. The number of hydrogen-bond donors (Lipinski definition) is 0. The second kappa shape index (κ2) is 13.1. The van der Waals surface area contributed by atoms with Crippen LogP contribution in [0.4, 0.5) is 0 Å². The summed E-state index contributed by atoms with van der Waals surface area (Å²) in [4.78, 5) is 0. The van der Waals surface area contributed by atoms with E-state index < -0.39 is 0 Å². The normalized spacial score (nSPS) is 13.2. The van der Waals surface area contributed by atoms with Gasteiger partial charge in [0.2, 0.25) is 0 Å². The molecule has 0 aromatic heterocycles. The van der Waals surface area contributed by atoms with Gasteiger partial charge >= 0.3 is 0 Å². The number of rotatable bonds is 12. The summed E-state index contributed by atoms with van der Waals surface area (Å²) < 4.78 is 0. The average molecular weight is 327 g/mol. The van der Waals surface area contributed by atoms with Crippen LogP contribution in [-0.4, -0.2) is 0 Å². The molecule has 2 unspecified atom stereocenters. The van der Waals surface area contributed by atoms with E-state index in [-0.39, 0.29) is 0 Å². The van der Waals surface area contributed by atoms with E-state index in [0.717, 1.165) is 17.4 Å². The molecule has 0 nitrogen and oxygen atoms in total. The number of hydrogen-bond acceptors (Lipinski definition) is 0. The Labute approximate surface area is 151 Å². The maximum atomic E-state index is 3.12. The summed E-state index contributed by atoms with van der Waals surface area (Å²) in [5.74, 6) is 7.94. The molecule has 0 aliphatic heterocycles. The minimum Gasteiger partial charge on any atom is -0.101 e. The van der Waals surface area contributed by atoms with E-state index in [1.165, 1.54) is 69.8 Å². The van der Waals surface area contributed by atoms with Crippen molar-refractivity contribution in [2.75, 3.05) is 0 Å². The van der Waals surface area contributed by atoms with E-state index in [1.807, 2.05) is 6.92 Å². The van der Waals surface area contributed by atoms with Gasteiger partial charge in [0.1, 0.15) is 0 Å². The Morgan fingerprint density at radius 3 is 2.12 bits per heavy atom. The van der Waals surface area contributed by atoms with Crippen LogP contribution < -0.4 is 0 Å². The second-order valence-corrected chi connectivity index (χ2v) is 7.44. The molecule has 0 heterocycles. The summed E-state index contributed by atoms with van der Waals surface area (Å²) in [6, 6.07) is 8.82. The third kappa shape index (κ3) is 9.17. The van der Waals surface area contributed by atoms with E-state index in [4.69, 9.17) is 0 Å². The molecule has 0 bridgehead atoms. The lowest BCUT2D eigenvalue weighted by molar-refractivity contribution is 0.364. The molecule has 134 valence electrons. The summed E-state index contributed by atoms with van der Waals surface area (Å²) in [7, 11) is 0. The van der Waals surface area contributed by atoms with Gasteiger partial charge in [-0.2, -0.15) is 0 Å². The van der Waals surface area contributed by atoms with Gasteiger partial charge in [0, 0.05) is 5.56 Å². The van der Waals surface area contributed by atoms with Crippen molar-refractivity contribution in [1.29, 1.82) is 0 Å². The van der Waals surface area contributed by atoms with Crippen LogP contribution in [0.1, 0.15) is 96.6 Å². The molecule has 0 amide bonds. The minimum atomic E-state index is 0.919. The molecule has 0 spiro atoms. The Morgan fingerprint density at radius 1 is 0.833 bits per heavy atom. The zero-order valence-electron chi connectivity index (χ0n) is 16.5. The van der Waals surface area contributed by atoms with Gasteiger partial charge in [-0.25, -0.2) is 0 Å². The Hall–Kier alpha value is -1.22. The molecule has 0 N–H and O–H groups in total. The van der Waals surface area contributed by atoms with Crippen LogP contribution in [0.5, 0.6) is 0 Å². The van der Waals surface area contributed by atoms with E-state index in [1.54, 1.807) is 0 Å². The smallest absolute Gasteiger partial charge is 0.0245 e. The van der Waals surface area contributed by atoms with Crippen molar-refractivity contribution in [2.45, 2.75) is 91.9 Å². The summed E-state index contributed by atoms with van der Waals surface area (Å²) >= 11 is 0.